The molecule has 4 nitrogen and oxygen atoms in total. The Kier molecular flexibility index (Phi) is 4.18. The van der Waals surface area contributed by atoms with Crippen LogP contribution in [0.4, 0.5) is 0 Å². The predicted octanol–water partition coefficient (Wildman–Crippen LogP) is 2.34. The summed E-state index contributed by atoms with van der Waals surface area (Å²) in [4.78, 5) is 6.81. The van der Waals surface area contributed by atoms with E-state index in [1.807, 2.05) is 13.1 Å². The largest absolute Gasteiger partial charge is 0.445 e. The van der Waals surface area contributed by atoms with Gasteiger partial charge in [0, 0.05) is 25.7 Å². The number of nitrogens with zero attached hydrogens (tertiary/aromatic N) is 2. The van der Waals surface area contributed by atoms with E-state index < -0.39 is 0 Å². The van der Waals surface area contributed by atoms with Crippen molar-refractivity contribution < 1.29 is 4.42 Å². The molecule has 4 heteroatoms. The van der Waals surface area contributed by atoms with Crippen LogP contribution in [0.5, 0.6) is 0 Å². The molecule has 1 saturated heterocycles. The van der Waals surface area contributed by atoms with Gasteiger partial charge in [0.05, 0.1) is 12.7 Å². The predicted molar refractivity (Wildman–Crippen MR) is 74.9 cm³/mol. The Morgan fingerprint density at radius 2 is 2.21 bits per heavy atom. The van der Waals surface area contributed by atoms with Gasteiger partial charge in [-0.2, -0.15) is 0 Å². The summed E-state index contributed by atoms with van der Waals surface area (Å²) in [6, 6.07) is 0.671. The molecule has 1 atom stereocenters. The number of hydrogen-bond acceptors (Lipinski definition) is 4. The number of rotatable bonds is 3. The van der Waals surface area contributed by atoms with E-state index in [1.54, 1.807) is 0 Å². The van der Waals surface area contributed by atoms with E-state index in [4.69, 9.17) is 4.42 Å². The molecule has 1 aliphatic carbocycles. The van der Waals surface area contributed by atoms with Crippen LogP contribution in [-0.4, -0.2) is 35.6 Å². The first-order chi connectivity index (χ1) is 9.31. The molecule has 1 aromatic heterocycles. The molecule has 0 radical (unpaired) electrons. The Morgan fingerprint density at radius 3 is 2.95 bits per heavy atom. The fourth-order valence-corrected chi connectivity index (χ4v) is 3.50. The lowest BCUT2D eigenvalue weighted by Gasteiger charge is -2.38. The molecule has 0 spiro atoms. The van der Waals surface area contributed by atoms with Crippen molar-refractivity contribution in [1.82, 2.24) is 15.2 Å². The van der Waals surface area contributed by atoms with E-state index in [9.17, 15) is 0 Å². The van der Waals surface area contributed by atoms with E-state index in [0.717, 1.165) is 43.7 Å². The van der Waals surface area contributed by atoms with E-state index in [0.29, 0.717) is 6.04 Å². The van der Waals surface area contributed by atoms with Crippen LogP contribution in [0.15, 0.2) is 10.6 Å². The van der Waals surface area contributed by atoms with Crippen molar-refractivity contribution in [2.75, 3.05) is 19.6 Å². The highest BCUT2D eigenvalue weighted by Gasteiger charge is 2.28. The second kappa shape index (κ2) is 6.06. The van der Waals surface area contributed by atoms with Crippen molar-refractivity contribution in [2.24, 2.45) is 5.92 Å². The maximum atomic E-state index is 5.59. The Balaban J connectivity index is 1.55. The van der Waals surface area contributed by atoms with Gasteiger partial charge in [-0.3, -0.25) is 4.90 Å². The summed E-state index contributed by atoms with van der Waals surface area (Å²) in [5.74, 6) is 2.65. The average Bonchev–Trinajstić information content (AvgIpc) is 2.85. The summed E-state index contributed by atoms with van der Waals surface area (Å²) in [5, 5.41) is 3.72. The monoisotopic (exact) mass is 263 g/mol. The summed E-state index contributed by atoms with van der Waals surface area (Å²) in [7, 11) is 0. The van der Waals surface area contributed by atoms with Crippen molar-refractivity contribution in [3.8, 4) is 0 Å². The van der Waals surface area contributed by atoms with E-state index in [1.165, 1.54) is 32.1 Å². The van der Waals surface area contributed by atoms with Crippen LogP contribution >= 0.6 is 0 Å². The molecule has 106 valence electrons. The Hall–Kier alpha value is -0.870. The van der Waals surface area contributed by atoms with Gasteiger partial charge in [0.25, 0.3) is 0 Å². The molecule has 1 N–H and O–H groups in total. The van der Waals surface area contributed by atoms with Crippen molar-refractivity contribution in [1.29, 1.82) is 0 Å². The van der Waals surface area contributed by atoms with Gasteiger partial charge >= 0.3 is 0 Å². The molecule has 19 heavy (non-hydrogen) atoms. The second-order valence-corrected chi connectivity index (χ2v) is 6.06. The third-order valence-corrected chi connectivity index (χ3v) is 4.54. The molecule has 1 saturated carbocycles. The zero-order valence-corrected chi connectivity index (χ0v) is 11.9. The molecule has 2 aliphatic rings. The first kappa shape index (κ1) is 13.1. The van der Waals surface area contributed by atoms with Crippen molar-refractivity contribution in [2.45, 2.75) is 51.6 Å². The molecule has 2 heterocycles. The minimum atomic E-state index is 0.671. The standard InChI is InChI=1S/C15H25N3O/c1-12-9-17-15(19-12)11-18-8-7-16-14(10-18)13-5-3-2-4-6-13/h9,13-14,16H,2-8,10-11H2,1H3. The number of nitrogens with one attached hydrogen (secondary N) is 1. The molecule has 2 fully saturated rings. The van der Waals surface area contributed by atoms with E-state index >= 15 is 0 Å². The zero-order valence-electron chi connectivity index (χ0n) is 11.9. The highest BCUT2D eigenvalue weighted by molar-refractivity contribution is 4.92. The summed E-state index contributed by atoms with van der Waals surface area (Å²) in [6.45, 7) is 6.16. The smallest absolute Gasteiger partial charge is 0.208 e. The Bertz CT molecular complexity index is 398. The summed E-state index contributed by atoms with van der Waals surface area (Å²) in [6.07, 6.45) is 8.90. The van der Waals surface area contributed by atoms with Gasteiger partial charge in [0.1, 0.15) is 5.76 Å². The maximum absolute atomic E-state index is 5.59. The number of piperazine rings is 1. The van der Waals surface area contributed by atoms with Gasteiger partial charge in [0.2, 0.25) is 5.89 Å². The minimum Gasteiger partial charge on any atom is -0.445 e. The van der Waals surface area contributed by atoms with Crippen LogP contribution in [-0.2, 0) is 6.54 Å². The minimum absolute atomic E-state index is 0.671. The highest BCUT2D eigenvalue weighted by atomic mass is 16.4. The first-order valence-electron chi connectivity index (χ1n) is 7.68. The lowest BCUT2D eigenvalue weighted by atomic mass is 9.83. The number of aromatic nitrogens is 1. The van der Waals surface area contributed by atoms with Crippen LogP contribution in [0.25, 0.3) is 0 Å². The summed E-state index contributed by atoms with van der Waals surface area (Å²) < 4.78 is 5.59. The second-order valence-electron chi connectivity index (χ2n) is 6.06. The third kappa shape index (κ3) is 3.37. The van der Waals surface area contributed by atoms with Crippen LogP contribution in [0.2, 0.25) is 0 Å². The number of hydrogen-bond donors (Lipinski definition) is 1. The lowest BCUT2D eigenvalue weighted by Crippen LogP contribution is -2.53. The molecular formula is C15H25N3O. The van der Waals surface area contributed by atoms with Crippen LogP contribution in [0.3, 0.4) is 0 Å². The topological polar surface area (TPSA) is 41.3 Å². The van der Waals surface area contributed by atoms with Gasteiger partial charge in [-0.15, -0.1) is 0 Å². The molecular weight excluding hydrogens is 238 g/mol. The number of aryl methyl sites for hydroxylation is 1. The zero-order chi connectivity index (χ0) is 13.1. The fourth-order valence-electron chi connectivity index (χ4n) is 3.50. The van der Waals surface area contributed by atoms with Crippen molar-refractivity contribution >= 4 is 0 Å². The van der Waals surface area contributed by atoms with Crippen LogP contribution in [0.1, 0.15) is 43.8 Å². The molecule has 0 aromatic carbocycles. The van der Waals surface area contributed by atoms with E-state index in [-0.39, 0.29) is 0 Å². The summed E-state index contributed by atoms with van der Waals surface area (Å²) in [5.41, 5.74) is 0. The molecule has 0 amide bonds. The normalized spacial score (nSPS) is 26.7. The third-order valence-electron chi connectivity index (χ3n) is 4.54. The molecule has 1 aliphatic heterocycles. The highest BCUT2D eigenvalue weighted by Crippen LogP contribution is 2.27. The van der Waals surface area contributed by atoms with Gasteiger partial charge in [-0.1, -0.05) is 19.3 Å². The van der Waals surface area contributed by atoms with E-state index in [2.05, 4.69) is 15.2 Å². The van der Waals surface area contributed by atoms with Gasteiger partial charge in [-0.25, -0.2) is 4.98 Å². The lowest BCUT2D eigenvalue weighted by molar-refractivity contribution is 0.132. The molecule has 0 bridgehead atoms. The maximum Gasteiger partial charge on any atom is 0.208 e. The van der Waals surface area contributed by atoms with Crippen LogP contribution < -0.4 is 5.32 Å². The van der Waals surface area contributed by atoms with Gasteiger partial charge in [-0.05, 0) is 25.7 Å². The molecule has 1 unspecified atom stereocenters. The van der Waals surface area contributed by atoms with Crippen molar-refractivity contribution in [3.05, 3.63) is 17.8 Å². The first-order valence-corrected chi connectivity index (χ1v) is 7.68. The Morgan fingerprint density at radius 1 is 1.37 bits per heavy atom. The number of oxazole rings is 1. The van der Waals surface area contributed by atoms with Gasteiger partial charge < -0.3 is 9.73 Å². The molecule has 3 rings (SSSR count). The van der Waals surface area contributed by atoms with Gasteiger partial charge in [0.15, 0.2) is 0 Å². The Labute approximate surface area is 115 Å². The fraction of sp³-hybridized carbons (Fsp3) is 0.800. The van der Waals surface area contributed by atoms with Crippen molar-refractivity contribution in [3.63, 3.8) is 0 Å². The quantitative estimate of drug-likeness (QED) is 0.909. The summed E-state index contributed by atoms with van der Waals surface area (Å²) >= 11 is 0. The SMILES string of the molecule is Cc1cnc(CN2CCNC(C3CCCCC3)C2)o1. The van der Waals surface area contributed by atoms with Crippen LogP contribution in [0, 0.1) is 12.8 Å². The molecule has 1 aromatic rings. The average molecular weight is 263 g/mol.